The van der Waals surface area contributed by atoms with Crippen molar-refractivity contribution in [3.63, 3.8) is 0 Å². The van der Waals surface area contributed by atoms with E-state index < -0.39 is 6.23 Å². The molecule has 0 spiro atoms. The van der Waals surface area contributed by atoms with E-state index in [1.165, 1.54) is 0 Å². The van der Waals surface area contributed by atoms with Crippen molar-refractivity contribution in [2.45, 2.75) is 13.2 Å². The Labute approximate surface area is 62.0 Å². The van der Waals surface area contributed by atoms with E-state index in [0.717, 1.165) is 5.69 Å². The zero-order chi connectivity index (χ0) is 7.40. The fraction of sp³-hybridized carbons (Fsp3) is 0.250. The van der Waals surface area contributed by atoms with Gasteiger partial charge in [0.25, 0.3) is 0 Å². The summed E-state index contributed by atoms with van der Waals surface area (Å²) >= 11 is 0. The van der Waals surface area contributed by atoms with E-state index in [2.05, 4.69) is 5.32 Å². The van der Waals surface area contributed by atoms with Gasteiger partial charge in [0.1, 0.15) is 6.23 Å². The molecule has 0 radical (unpaired) electrons. The predicted molar refractivity (Wildman–Crippen MR) is 43.9 cm³/mol. The molecule has 10 heavy (non-hydrogen) atoms. The van der Waals surface area contributed by atoms with Crippen molar-refractivity contribution in [3.05, 3.63) is 30.3 Å². The van der Waals surface area contributed by atoms with Crippen LogP contribution in [-0.2, 0) is 0 Å². The summed E-state index contributed by atoms with van der Waals surface area (Å²) in [5.74, 6) is 0. The molecule has 56 valence electrons. The lowest BCUT2D eigenvalue weighted by Crippen LogP contribution is -2.12. The van der Waals surface area contributed by atoms with Gasteiger partial charge in [-0.25, -0.2) is 0 Å². The lowest BCUT2D eigenvalue weighted by molar-refractivity contribution is 0.224. The van der Waals surface area contributed by atoms with Gasteiger partial charge in [0.15, 0.2) is 0 Å². The third kappa shape index (κ3) is 2.07. The number of nitrogens with one attached hydrogen (secondary N) is 1. The topological polar surface area (TPSA) is 32.3 Å². The molecule has 0 saturated heterocycles. The summed E-state index contributed by atoms with van der Waals surface area (Å²) < 4.78 is 0. The Balaban J connectivity index is 0.000001000. The molecule has 2 nitrogen and oxygen atoms in total. The molecule has 0 aliphatic heterocycles. The zero-order valence-corrected chi connectivity index (χ0v) is 5.91. The molecule has 0 saturated carbocycles. The molecule has 0 amide bonds. The average Bonchev–Trinajstić information content (AvgIpc) is 1.88. The van der Waals surface area contributed by atoms with E-state index in [-0.39, 0.29) is 1.43 Å². The fourth-order valence-electron chi connectivity index (χ4n) is 0.776. The minimum Gasteiger partial charge on any atom is -0.374 e. The lowest BCUT2D eigenvalue weighted by Gasteiger charge is -2.07. The third-order valence-electron chi connectivity index (χ3n) is 1.15. The first kappa shape index (κ1) is 7.09. The second-order valence-electron chi connectivity index (χ2n) is 2.19. The highest BCUT2D eigenvalue weighted by atomic mass is 16.3. The molecule has 1 atom stereocenters. The van der Waals surface area contributed by atoms with E-state index in [1.54, 1.807) is 6.92 Å². The summed E-state index contributed by atoms with van der Waals surface area (Å²) in [5.41, 5.74) is 0.942. The fourth-order valence-corrected chi connectivity index (χ4v) is 0.776. The Hall–Kier alpha value is -1.02. The number of para-hydroxylation sites is 1. The zero-order valence-electron chi connectivity index (χ0n) is 5.91. The minimum atomic E-state index is -0.484. The van der Waals surface area contributed by atoms with Crippen LogP contribution in [0.15, 0.2) is 30.3 Å². The van der Waals surface area contributed by atoms with Gasteiger partial charge in [-0.1, -0.05) is 18.2 Å². The lowest BCUT2D eigenvalue weighted by atomic mass is 10.3. The van der Waals surface area contributed by atoms with Crippen LogP contribution in [-0.4, -0.2) is 11.3 Å². The Morgan fingerprint density at radius 3 is 2.50 bits per heavy atom. The molecule has 2 N–H and O–H groups in total. The van der Waals surface area contributed by atoms with Gasteiger partial charge in [0.2, 0.25) is 0 Å². The first-order chi connectivity index (χ1) is 4.79. The van der Waals surface area contributed by atoms with E-state index >= 15 is 0 Å². The number of rotatable bonds is 2. The average molecular weight is 139 g/mol. The van der Waals surface area contributed by atoms with E-state index in [0.29, 0.717) is 0 Å². The van der Waals surface area contributed by atoms with Crippen molar-refractivity contribution in [2.75, 3.05) is 5.32 Å². The molecule has 1 rings (SSSR count). The maximum Gasteiger partial charge on any atom is 0.121 e. The van der Waals surface area contributed by atoms with E-state index in [1.807, 2.05) is 30.3 Å². The second kappa shape index (κ2) is 3.22. The van der Waals surface area contributed by atoms with Crippen molar-refractivity contribution >= 4 is 5.69 Å². The molecule has 1 aromatic carbocycles. The Bertz CT molecular complexity index is 189. The van der Waals surface area contributed by atoms with Crippen molar-refractivity contribution in [3.8, 4) is 0 Å². The van der Waals surface area contributed by atoms with Gasteiger partial charge >= 0.3 is 0 Å². The van der Waals surface area contributed by atoms with Crippen molar-refractivity contribution in [2.24, 2.45) is 0 Å². The number of anilines is 1. The molecule has 0 heterocycles. The van der Waals surface area contributed by atoms with E-state index in [9.17, 15) is 0 Å². The van der Waals surface area contributed by atoms with Crippen molar-refractivity contribution < 1.29 is 6.53 Å². The van der Waals surface area contributed by atoms with Gasteiger partial charge in [-0.15, -0.1) is 0 Å². The van der Waals surface area contributed by atoms with Gasteiger partial charge in [0, 0.05) is 7.11 Å². The van der Waals surface area contributed by atoms with Gasteiger partial charge in [-0.2, -0.15) is 0 Å². The normalized spacial score (nSPS) is 12.6. The SMILES string of the molecule is CC(O)Nc1ccccc1.[HH]. The number of benzene rings is 1. The molecule has 0 aliphatic rings. The van der Waals surface area contributed by atoms with Gasteiger partial charge < -0.3 is 10.4 Å². The first-order valence-corrected chi connectivity index (χ1v) is 3.28. The standard InChI is InChI=1S/C8H11NO.H2/c1-7(10)9-8-5-3-2-4-6-8;/h2-7,9-10H,1H3;1H. The smallest absolute Gasteiger partial charge is 0.121 e. The minimum absolute atomic E-state index is 0. The number of aliphatic hydroxyl groups excluding tert-OH is 1. The van der Waals surface area contributed by atoms with Crippen LogP contribution in [0.1, 0.15) is 8.35 Å². The summed E-state index contributed by atoms with van der Waals surface area (Å²) in [5, 5.41) is 11.8. The Morgan fingerprint density at radius 1 is 1.40 bits per heavy atom. The Morgan fingerprint density at radius 2 is 2.00 bits per heavy atom. The maximum atomic E-state index is 8.89. The summed E-state index contributed by atoms with van der Waals surface area (Å²) in [7, 11) is 0. The molecular weight excluding hydrogens is 126 g/mol. The summed E-state index contributed by atoms with van der Waals surface area (Å²) in [6.45, 7) is 1.69. The van der Waals surface area contributed by atoms with Crippen LogP contribution >= 0.6 is 0 Å². The summed E-state index contributed by atoms with van der Waals surface area (Å²) in [6, 6.07) is 9.60. The largest absolute Gasteiger partial charge is 0.374 e. The molecule has 2 heteroatoms. The molecular formula is C8H13NO. The third-order valence-corrected chi connectivity index (χ3v) is 1.15. The predicted octanol–water partition coefficient (Wildman–Crippen LogP) is 1.68. The van der Waals surface area contributed by atoms with Crippen LogP contribution in [0, 0.1) is 0 Å². The highest BCUT2D eigenvalue weighted by Gasteiger charge is 1.91. The highest BCUT2D eigenvalue weighted by molar-refractivity contribution is 5.42. The van der Waals surface area contributed by atoms with Crippen molar-refractivity contribution in [1.29, 1.82) is 0 Å². The van der Waals surface area contributed by atoms with Crippen molar-refractivity contribution in [1.82, 2.24) is 0 Å². The molecule has 1 unspecified atom stereocenters. The highest BCUT2D eigenvalue weighted by Crippen LogP contribution is 2.04. The van der Waals surface area contributed by atoms with Crippen LogP contribution in [0.2, 0.25) is 0 Å². The molecule has 1 aromatic rings. The van der Waals surface area contributed by atoms with Crippen LogP contribution < -0.4 is 5.32 Å². The molecule has 0 aliphatic carbocycles. The molecule has 0 bridgehead atoms. The summed E-state index contributed by atoms with van der Waals surface area (Å²) in [4.78, 5) is 0. The van der Waals surface area contributed by atoms with Gasteiger partial charge in [-0.05, 0) is 19.1 Å². The Kier molecular flexibility index (Phi) is 2.29. The number of hydrogen-bond acceptors (Lipinski definition) is 2. The second-order valence-corrected chi connectivity index (χ2v) is 2.19. The number of hydrogen-bond donors (Lipinski definition) is 2. The van der Waals surface area contributed by atoms with Crippen LogP contribution in [0.4, 0.5) is 5.69 Å². The first-order valence-electron chi connectivity index (χ1n) is 3.28. The van der Waals surface area contributed by atoms with Gasteiger partial charge in [-0.3, -0.25) is 0 Å². The monoisotopic (exact) mass is 139 g/mol. The van der Waals surface area contributed by atoms with E-state index in [4.69, 9.17) is 5.11 Å². The molecule has 0 fully saturated rings. The summed E-state index contributed by atoms with van der Waals surface area (Å²) in [6.07, 6.45) is -0.484. The van der Waals surface area contributed by atoms with Crippen LogP contribution in [0.25, 0.3) is 0 Å². The maximum absolute atomic E-state index is 8.89. The van der Waals surface area contributed by atoms with Crippen LogP contribution in [0.5, 0.6) is 0 Å². The van der Waals surface area contributed by atoms with Gasteiger partial charge in [0.05, 0.1) is 0 Å². The molecule has 0 aromatic heterocycles. The quantitative estimate of drug-likeness (QED) is 0.611. The van der Waals surface area contributed by atoms with Crippen LogP contribution in [0.3, 0.4) is 0 Å². The number of aliphatic hydroxyl groups is 1.